The maximum Gasteiger partial charge on any atom is 0.408 e. The molecule has 0 radical (unpaired) electrons. The highest BCUT2D eigenvalue weighted by molar-refractivity contribution is 7.15. The summed E-state index contributed by atoms with van der Waals surface area (Å²) in [6.07, 6.45) is 6.42. The minimum atomic E-state index is -0.889. The number of rotatable bonds is 12. The lowest BCUT2D eigenvalue weighted by Gasteiger charge is -2.29. The van der Waals surface area contributed by atoms with Crippen LogP contribution >= 0.6 is 22.7 Å². The Balaban J connectivity index is 0.922. The van der Waals surface area contributed by atoms with Crippen molar-refractivity contribution in [3.63, 3.8) is 0 Å². The van der Waals surface area contributed by atoms with Crippen molar-refractivity contribution in [1.29, 1.82) is 0 Å². The number of likely N-dealkylation sites (tertiary alicyclic amines) is 2. The van der Waals surface area contributed by atoms with Crippen LogP contribution < -0.4 is 5.32 Å². The van der Waals surface area contributed by atoms with Gasteiger partial charge in [-0.2, -0.15) is 0 Å². The third kappa shape index (κ3) is 11.1. The van der Waals surface area contributed by atoms with Gasteiger partial charge in [-0.25, -0.2) is 14.8 Å². The third-order valence-electron chi connectivity index (χ3n) is 11.7. The molecule has 4 heterocycles. The summed E-state index contributed by atoms with van der Waals surface area (Å²) in [5, 5.41) is 4.60. The highest BCUT2D eigenvalue weighted by Gasteiger charge is 2.39. The number of amides is 3. The molecule has 2 saturated heterocycles. The summed E-state index contributed by atoms with van der Waals surface area (Å²) < 4.78 is 11.2. The van der Waals surface area contributed by atoms with Gasteiger partial charge in [0.15, 0.2) is 0 Å². The van der Waals surface area contributed by atoms with E-state index < -0.39 is 35.2 Å². The normalized spacial score (nSPS) is 17.3. The zero-order valence-corrected chi connectivity index (χ0v) is 40.0. The topological polar surface area (TPSA) is 131 Å². The van der Waals surface area contributed by atoms with Gasteiger partial charge in [0.05, 0.1) is 34.2 Å². The fourth-order valence-electron chi connectivity index (χ4n) is 8.69. The van der Waals surface area contributed by atoms with Crippen LogP contribution in [-0.4, -0.2) is 67.9 Å². The number of benzene rings is 4. The average Bonchev–Trinajstić information content (AvgIpc) is 4.14. The van der Waals surface area contributed by atoms with Crippen molar-refractivity contribution in [1.82, 2.24) is 25.1 Å². The second-order valence-corrected chi connectivity index (χ2v) is 21.0. The van der Waals surface area contributed by atoms with Crippen LogP contribution in [0.5, 0.6) is 0 Å². The van der Waals surface area contributed by atoms with Gasteiger partial charge in [0.1, 0.15) is 27.3 Å². The molecule has 1 N–H and O–H groups in total. The molecule has 3 amide bonds. The van der Waals surface area contributed by atoms with E-state index in [1.54, 1.807) is 43.4 Å². The fraction of sp³-hybridized carbons (Fsp3) is 0.358. The van der Waals surface area contributed by atoms with Crippen molar-refractivity contribution >= 4 is 46.6 Å². The molecule has 4 aromatic carbocycles. The maximum atomic E-state index is 14.3. The van der Waals surface area contributed by atoms with E-state index in [9.17, 15) is 19.2 Å². The SMILES string of the molecule is CC(C)(C)OC(=O)C[C@@H](C(=O)N1CCC[C@@H]1c1ncc(-c2ccc(-c3ccc(-c4cnc([C@H]5CCCN5C(=O)[C@H](NC(=O)OC(C)(C)C)c5ccccc5)s4)cc3)cc2)s1)c1ccccc1. The van der Waals surface area contributed by atoms with Crippen molar-refractivity contribution in [3.05, 3.63) is 143 Å². The Morgan fingerprint density at radius 1 is 0.606 bits per heavy atom. The Kier molecular flexibility index (Phi) is 13.9. The zero-order chi connectivity index (χ0) is 46.6. The fourth-order valence-corrected chi connectivity index (χ4v) is 10.8. The minimum absolute atomic E-state index is 0.0222. The van der Waals surface area contributed by atoms with E-state index in [2.05, 4.69) is 53.8 Å². The molecule has 13 heteroatoms. The van der Waals surface area contributed by atoms with Gasteiger partial charge in [0, 0.05) is 25.5 Å². The van der Waals surface area contributed by atoms with Crippen LogP contribution in [-0.2, 0) is 23.9 Å². The van der Waals surface area contributed by atoms with E-state index in [0.717, 1.165) is 73.3 Å². The maximum absolute atomic E-state index is 14.3. The lowest BCUT2D eigenvalue weighted by atomic mass is 9.93. The molecule has 0 bridgehead atoms. The number of carbonyl (C=O) groups excluding carboxylic acids is 4. The van der Waals surface area contributed by atoms with Crippen molar-refractivity contribution in [3.8, 4) is 32.0 Å². The number of nitrogens with one attached hydrogen (secondary N) is 1. The molecule has 2 aromatic heterocycles. The number of nitrogens with zero attached hydrogens (tertiary/aromatic N) is 4. The average molecular weight is 924 g/mol. The molecule has 8 rings (SSSR count). The van der Waals surface area contributed by atoms with Crippen molar-refractivity contribution in [2.45, 2.75) is 109 Å². The van der Waals surface area contributed by atoms with E-state index in [1.807, 2.05) is 104 Å². The molecule has 342 valence electrons. The van der Waals surface area contributed by atoms with Crippen molar-refractivity contribution in [2.24, 2.45) is 0 Å². The van der Waals surface area contributed by atoms with Gasteiger partial charge >= 0.3 is 12.1 Å². The van der Waals surface area contributed by atoms with E-state index in [4.69, 9.17) is 19.4 Å². The monoisotopic (exact) mass is 923 g/mol. The van der Waals surface area contributed by atoms with E-state index in [0.29, 0.717) is 18.7 Å². The first-order chi connectivity index (χ1) is 31.6. The summed E-state index contributed by atoms with van der Waals surface area (Å²) in [5.74, 6) is -1.29. The van der Waals surface area contributed by atoms with Crippen LogP contribution in [0, 0.1) is 0 Å². The van der Waals surface area contributed by atoms with Gasteiger partial charge in [0.25, 0.3) is 5.91 Å². The minimum Gasteiger partial charge on any atom is -0.460 e. The summed E-state index contributed by atoms with van der Waals surface area (Å²) in [6.45, 7) is 12.1. The Morgan fingerprint density at radius 2 is 1.05 bits per heavy atom. The number of hydrogen-bond donors (Lipinski definition) is 1. The van der Waals surface area contributed by atoms with E-state index in [-0.39, 0.29) is 30.3 Å². The summed E-state index contributed by atoms with van der Waals surface area (Å²) >= 11 is 3.20. The number of esters is 1. The summed E-state index contributed by atoms with van der Waals surface area (Å²) in [6, 6.07) is 34.5. The molecule has 0 spiro atoms. The van der Waals surface area contributed by atoms with Crippen LogP contribution in [0.1, 0.15) is 119 Å². The lowest BCUT2D eigenvalue weighted by molar-refractivity contribution is -0.157. The van der Waals surface area contributed by atoms with Crippen LogP contribution in [0.25, 0.3) is 32.0 Å². The highest BCUT2D eigenvalue weighted by Crippen LogP contribution is 2.41. The molecule has 66 heavy (non-hydrogen) atoms. The molecular formula is C53H57N5O6S2. The number of thiazole rings is 2. The van der Waals surface area contributed by atoms with Crippen molar-refractivity contribution in [2.75, 3.05) is 13.1 Å². The second kappa shape index (κ2) is 19.7. The number of ether oxygens (including phenoxy) is 2. The molecule has 0 saturated carbocycles. The first-order valence-electron chi connectivity index (χ1n) is 22.6. The number of carbonyl (C=O) groups is 4. The standard InChI is InChI=1S/C53H57N5O6S2/c1-52(2,3)63-45(59)31-40(36-15-9-7-10-16-36)49(60)57-29-13-19-41(57)47-54-32-43(65-47)37-25-21-34(22-26-37)35-23-27-38(28-24-35)44-33-55-48(66-44)42-20-14-30-58(42)50(61)46(39-17-11-8-12-18-39)56-51(62)64-53(4,5)6/h7-12,15-18,21-28,32-33,40-42,46H,13-14,19-20,29-31H2,1-6H3,(H,56,62)/t40-,41-,42-,46-/m1/s1. The Hall–Kier alpha value is -6.18. The number of alkyl carbamates (subject to hydrolysis) is 1. The van der Waals surface area contributed by atoms with Gasteiger partial charge in [-0.15, -0.1) is 22.7 Å². The Bertz CT molecular complexity index is 2450. The molecule has 2 aliphatic rings. The van der Waals surface area contributed by atoms with E-state index >= 15 is 0 Å². The Labute approximate surface area is 395 Å². The highest BCUT2D eigenvalue weighted by atomic mass is 32.1. The summed E-state index contributed by atoms with van der Waals surface area (Å²) in [4.78, 5) is 69.8. The quantitative estimate of drug-likeness (QED) is 0.120. The third-order valence-corrected chi connectivity index (χ3v) is 14.0. The van der Waals surface area contributed by atoms with Gasteiger partial charge in [-0.3, -0.25) is 14.4 Å². The van der Waals surface area contributed by atoms with Crippen LogP contribution in [0.4, 0.5) is 4.79 Å². The predicted molar refractivity (Wildman–Crippen MR) is 260 cm³/mol. The number of aromatic nitrogens is 2. The first-order valence-corrected chi connectivity index (χ1v) is 24.3. The zero-order valence-electron chi connectivity index (χ0n) is 38.4. The van der Waals surface area contributed by atoms with Gasteiger partial charge in [-0.05, 0) is 101 Å². The smallest absolute Gasteiger partial charge is 0.408 e. The number of hydrogen-bond acceptors (Lipinski definition) is 10. The molecular weight excluding hydrogens is 867 g/mol. The van der Waals surface area contributed by atoms with Gasteiger partial charge < -0.3 is 24.6 Å². The molecule has 2 fully saturated rings. The second-order valence-electron chi connectivity index (χ2n) is 18.9. The molecule has 0 unspecified atom stereocenters. The molecule has 11 nitrogen and oxygen atoms in total. The largest absolute Gasteiger partial charge is 0.460 e. The molecule has 2 aliphatic heterocycles. The van der Waals surface area contributed by atoms with Gasteiger partial charge in [0.2, 0.25) is 5.91 Å². The van der Waals surface area contributed by atoms with Crippen LogP contribution in [0.15, 0.2) is 122 Å². The summed E-state index contributed by atoms with van der Waals surface area (Å²) in [5.41, 5.74) is 4.41. The van der Waals surface area contributed by atoms with Crippen LogP contribution in [0.2, 0.25) is 0 Å². The predicted octanol–water partition coefficient (Wildman–Crippen LogP) is 11.7. The van der Waals surface area contributed by atoms with Crippen molar-refractivity contribution < 1.29 is 28.7 Å². The molecule has 4 atom stereocenters. The van der Waals surface area contributed by atoms with Crippen LogP contribution in [0.3, 0.4) is 0 Å². The molecule has 0 aliphatic carbocycles. The van der Waals surface area contributed by atoms with E-state index in [1.165, 1.54) is 0 Å². The molecule has 6 aromatic rings. The van der Waals surface area contributed by atoms with Gasteiger partial charge in [-0.1, -0.05) is 109 Å². The Morgan fingerprint density at radius 3 is 1.52 bits per heavy atom. The lowest BCUT2D eigenvalue weighted by Crippen LogP contribution is -2.44. The first kappa shape index (κ1) is 46.4. The summed E-state index contributed by atoms with van der Waals surface area (Å²) in [7, 11) is 0.